The van der Waals surface area contributed by atoms with Crippen LogP contribution in [-0.4, -0.2) is 46.5 Å². The average molecular weight is 476 g/mol. The van der Waals surface area contributed by atoms with E-state index < -0.39 is 0 Å². The van der Waals surface area contributed by atoms with Gasteiger partial charge in [0.15, 0.2) is 5.96 Å². The Morgan fingerprint density at radius 1 is 1.15 bits per heavy atom. The highest BCUT2D eigenvalue weighted by Crippen LogP contribution is 2.16. The highest BCUT2D eigenvalue weighted by molar-refractivity contribution is 14.0. The number of imidazole rings is 1. The Bertz CT molecular complexity index is 832. The van der Waals surface area contributed by atoms with Crippen molar-refractivity contribution in [2.75, 3.05) is 20.6 Å². The Hall–Kier alpha value is -2.42. The topological polar surface area (TPSA) is 69.2 Å². The van der Waals surface area contributed by atoms with Gasteiger partial charge in [0.2, 0.25) is 0 Å². The maximum absolute atomic E-state index is 4.49. The summed E-state index contributed by atoms with van der Waals surface area (Å²) in [6.45, 7) is 1.45. The summed E-state index contributed by atoms with van der Waals surface area (Å²) in [6.07, 6.45) is 6.45. The van der Waals surface area contributed by atoms with Gasteiger partial charge in [0.05, 0.1) is 18.4 Å². The summed E-state index contributed by atoms with van der Waals surface area (Å²) in [7, 11) is 3.80. The lowest BCUT2D eigenvalue weighted by molar-refractivity contribution is 0.464. The lowest BCUT2D eigenvalue weighted by Crippen LogP contribution is -2.39. The summed E-state index contributed by atoms with van der Waals surface area (Å²) in [5.41, 5.74) is 3.36. The number of aliphatic imine (C=N–C) groups is 1. The van der Waals surface area contributed by atoms with Crippen LogP contribution in [0.25, 0.3) is 11.3 Å². The monoisotopic (exact) mass is 476 g/mol. The van der Waals surface area contributed by atoms with Crippen LogP contribution in [0.1, 0.15) is 11.4 Å². The van der Waals surface area contributed by atoms with Crippen LogP contribution in [0.2, 0.25) is 0 Å². The molecule has 2 N–H and O–H groups in total. The van der Waals surface area contributed by atoms with Gasteiger partial charge < -0.3 is 15.2 Å². The molecule has 0 radical (unpaired) electrons. The van der Waals surface area contributed by atoms with Gasteiger partial charge in [-0.15, -0.1) is 24.0 Å². The molecule has 0 aliphatic heterocycles. The number of nitrogens with one attached hydrogen (secondary N) is 2. The second-order valence-electron chi connectivity index (χ2n) is 6.05. The second kappa shape index (κ2) is 10.7. The molecule has 142 valence electrons. The normalized spacial score (nSPS) is 11.0. The summed E-state index contributed by atoms with van der Waals surface area (Å²) < 4.78 is 0. The van der Waals surface area contributed by atoms with Gasteiger partial charge in [0, 0.05) is 33.0 Å². The molecule has 0 amide bonds. The summed E-state index contributed by atoms with van der Waals surface area (Å²) in [5, 5.41) is 3.38. The minimum absolute atomic E-state index is 0. The van der Waals surface area contributed by atoms with E-state index in [9.17, 15) is 0 Å². The van der Waals surface area contributed by atoms with Gasteiger partial charge in [-0.3, -0.25) is 9.98 Å². The molecule has 0 unspecified atom stereocenters. The predicted molar refractivity (Wildman–Crippen MR) is 120 cm³/mol. The van der Waals surface area contributed by atoms with Crippen molar-refractivity contribution < 1.29 is 0 Å². The van der Waals surface area contributed by atoms with Crippen molar-refractivity contribution in [2.45, 2.75) is 13.0 Å². The highest BCUT2D eigenvalue weighted by atomic mass is 127. The van der Waals surface area contributed by atoms with Crippen LogP contribution in [0.5, 0.6) is 0 Å². The van der Waals surface area contributed by atoms with Gasteiger partial charge in [-0.05, 0) is 23.6 Å². The molecule has 3 aromatic rings. The summed E-state index contributed by atoms with van der Waals surface area (Å²) >= 11 is 0. The minimum Gasteiger partial charge on any atom is -0.356 e. The van der Waals surface area contributed by atoms with Gasteiger partial charge in [-0.2, -0.15) is 0 Å². The summed E-state index contributed by atoms with van der Waals surface area (Å²) in [6, 6.07) is 14.2. The van der Waals surface area contributed by atoms with Crippen LogP contribution < -0.4 is 5.32 Å². The number of aromatic nitrogens is 3. The number of pyridine rings is 1. The van der Waals surface area contributed by atoms with Gasteiger partial charge in [-0.25, -0.2) is 4.98 Å². The van der Waals surface area contributed by atoms with E-state index in [0.717, 1.165) is 36.0 Å². The van der Waals surface area contributed by atoms with E-state index in [-0.39, 0.29) is 24.0 Å². The number of H-pyrrole nitrogens is 1. The molecule has 2 heterocycles. The number of guanidine groups is 1. The number of rotatable bonds is 6. The fourth-order valence-electron chi connectivity index (χ4n) is 2.76. The zero-order valence-corrected chi connectivity index (χ0v) is 17.9. The molecule has 0 aliphatic rings. The van der Waals surface area contributed by atoms with Gasteiger partial charge >= 0.3 is 0 Å². The molecule has 0 bridgehead atoms. The average Bonchev–Trinajstić information content (AvgIpc) is 3.15. The molecule has 2 aromatic heterocycles. The number of benzene rings is 1. The highest BCUT2D eigenvalue weighted by Gasteiger charge is 2.09. The first-order valence-corrected chi connectivity index (χ1v) is 8.66. The van der Waals surface area contributed by atoms with Crippen molar-refractivity contribution in [2.24, 2.45) is 4.99 Å². The van der Waals surface area contributed by atoms with Crippen LogP contribution in [-0.2, 0) is 13.0 Å². The Morgan fingerprint density at radius 2 is 1.96 bits per heavy atom. The fraction of sp³-hybridized carbons (Fsp3) is 0.250. The lowest BCUT2D eigenvalue weighted by Gasteiger charge is -2.21. The predicted octanol–water partition coefficient (Wildman–Crippen LogP) is 3.34. The zero-order chi connectivity index (χ0) is 18.2. The lowest BCUT2D eigenvalue weighted by atomic mass is 10.2. The molecule has 0 saturated carbocycles. The standard InChI is InChI=1S/C20H24N6.HI/c1-21-20(23-12-10-16-7-6-11-22-13-16)26(2)15-19-24-14-18(25-19)17-8-4-3-5-9-17;/h3-9,11,13-14H,10,12,15H2,1-2H3,(H,21,23)(H,24,25);1H. The van der Waals surface area contributed by atoms with Gasteiger partial charge in [0.25, 0.3) is 0 Å². The summed E-state index contributed by atoms with van der Waals surface area (Å²) in [5.74, 6) is 1.74. The van der Waals surface area contributed by atoms with Gasteiger partial charge in [-0.1, -0.05) is 36.4 Å². The third-order valence-corrected chi connectivity index (χ3v) is 4.09. The molecule has 0 fully saturated rings. The second-order valence-corrected chi connectivity index (χ2v) is 6.05. The number of halogens is 1. The quantitative estimate of drug-likeness (QED) is 0.326. The van der Waals surface area contributed by atoms with Crippen LogP contribution >= 0.6 is 24.0 Å². The van der Waals surface area contributed by atoms with E-state index in [1.807, 2.05) is 43.7 Å². The first-order chi connectivity index (χ1) is 12.8. The molecule has 0 aliphatic carbocycles. The SMILES string of the molecule is CN=C(NCCc1cccnc1)N(C)Cc1ncc(-c2ccccc2)[nH]1.I. The first-order valence-electron chi connectivity index (χ1n) is 8.66. The van der Waals surface area contributed by atoms with Crippen molar-refractivity contribution in [3.05, 3.63) is 72.4 Å². The maximum Gasteiger partial charge on any atom is 0.193 e. The molecule has 0 atom stereocenters. The molecule has 6 nitrogen and oxygen atoms in total. The van der Waals surface area contributed by atoms with Crippen LogP contribution in [0.3, 0.4) is 0 Å². The number of aromatic amines is 1. The van der Waals surface area contributed by atoms with E-state index >= 15 is 0 Å². The molecular weight excluding hydrogens is 451 g/mol. The fourth-order valence-corrected chi connectivity index (χ4v) is 2.76. The van der Waals surface area contributed by atoms with Crippen molar-refractivity contribution in [3.63, 3.8) is 0 Å². The molecule has 1 aromatic carbocycles. The van der Waals surface area contributed by atoms with Crippen molar-refractivity contribution >= 4 is 29.9 Å². The first kappa shape index (κ1) is 20.9. The third-order valence-electron chi connectivity index (χ3n) is 4.09. The Kier molecular flexibility index (Phi) is 8.25. The van der Waals surface area contributed by atoms with E-state index in [1.165, 1.54) is 5.56 Å². The van der Waals surface area contributed by atoms with Crippen molar-refractivity contribution in [1.29, 1.82) is 0 Å². The smallest absolute Gasteiger partial charge is 0.193 e. The number of nitrogens with zero attached hydrogens (tertiary/aromatic N) is 4. The minimum atomic E-state index is 0. The van der Waals surface area contributed by atoms with Crippen LogP contribution in [0, 0.1) is 0 Å². The Balaban J connectivity index is 0.00000261. The molecule has 0 spiro atoms. The molecule has 0 saturated heterocycles. The molecule has 7 heteroatoms. The third kappa shape index (κ3) is 6.06. The van der Waals surface area contributed by atoms with Crippen molar-refractivity contribution in [3.8, 4) is 11.3 Å². The van der Waals surface area contributed by atoms with E-state index in [0.29, 0.717) is 6.54 Å². The van der Waals surface area contributed by atoms with E-state index in [1.54, 1.807) is 13.2 Å². The van der Waals surface area contributed by atoms with Gasteiger partial charge in [0.1, 0.15) is 5.82 Å². The number of hydrogen-bond donors (Lipinski definition) is 2. The Labute approximate surface area is 177 Å². The Morgan fingerprint density at radius 3 is 2.67 bits per heavy atom. The molecule has 3 rings (SSSR count). The number of hydrogen-bond acceptors (Lipinski definition) is 3. The van der Waals surface area contributed by atoms with E-state index in [2.05, 4.69) is 48.4 Å². The molecule has 27 heavy (non-hydrogen) atoms. The molecular formula is C20H25IN6. The van der Waals surface area contributed by atoms with Crippen LogP contribution in [0.4, 0.5) is 0 Å². The largest absolute Gasteiger partial charge is 0.356 e. The zero-order valence-electron chi connectivity index (χ0n) is 15.6. The summed E-state index contributed by atoms with van der Waals surface area (Å²) in [4.78, 5) is 18.4. The van der Waals surface area contributed by atoms with Crippen LogP contribution in [0.15, 0.2) is 66.0 Å². The maximum atomic E-state index is 4.49. The van der Waals surface area contributed by atoms with Crippen molar-refractivity contribution in [1.82, 2.24) is 25.2 Å². The van der Waals surface area contributed by atoms with E-state index in [4.69, 9.17) is 0 Å².